The van der Waals surface area contributed by atoms with Crippen LogP contribution in [-0.2, 0) is 7.05 Å². The molecule has 19 heavy (non-hydrogen) atoms. The Morgan fingerprint density at radius 3 is 2.47 bits per heavy atom. The van der Waals surface area contributed by atoms with Gasteiger partial charge in [0.15, 0.2) is 0 Å². The van der Waals surface area contributed by atoms with E-state index in [4.69, 9.17) is 5.84 Å². The van der Waals surface area contributed by atoms with Gasteiger partial charge in [0.1, 0.15) is 0 Å². The molecular formula is C14H25N5. The van der Waals surface area contributed by atoms with Crippen LogP contribution >= 0.6 is 0 Å². The SMILES string of the molecule is Cn1ccc(C(NN)C2(N3CCCC3)CCCC2)n1. The molecule has 5 nitrogen and oxygen atoms in total. The number of nitrogens with one attached hydrogen (secondary N) is 1. The number of aryl methyl sites for hydroxylation is 1. The van der Waals surface area contributed by atoms with Crippen molar-refractivity contribution in [2.24, 2.45) is 12.9 Å². The lowest BCUT2D eigenvalue weighted by Crippen LogP contribution is -2.55. The number of hydrazine groups is 1. The number of nitrogens with two attached hydrogens (primary N) is 1. The lowest BCUT2D eigenvalue weighted by molar-refractivity contribution is 0.0745. The molecule has 0 aromatic carbocycles. The van der Waals surface area contributed by atoms with Crippen LogP contribution in [-0.4, -0.2) is 33.3 Å². The molecule has 0 bridgehead atoms. The molecule has 106 valence electrons. The molecule has 1 atom stereocenters. The summed E-state index contributed by atoms with van der Waals surface area (Å²) >= 11 is 0. The minimum atomic E-state index is 0.147. The van der Waals surface area contributed by atoms with Crippen molar-refractivity contribution in [3.8, 4) is 0 Å². The second kappa shape index (κ2) is 5.23. The van der Waals surface area contributed by atoms with Crippen molar-refractivity contribution in [1.82, 2.24) is 20.1 Å². The summed E-state index contributed by atoms with van der Waals surface area (Å²) in [5, 5.41) is 4.59. The Morgan fingerprint density at radius 2 is 1.95 bits per heavy atom. The van der Waals surface area contributed by atoms with Gasteiger partial charge >= 0.3 is 0 Å². The molecule has 0 spiro atoms. The first kappa shape index (κ1) is 13.1. The van der Waals surface area contributed by atoms with E-state index < -0.39 is 0 Å². The minimum absolute atomic E-state index is 0.147. The molecule has 3 N–H and O–H groups in total. The highest BCUT2D eigenvalue weighted by atomic mass is 15.3. The van der Waals surface area contributed by atoms with Crippen LogP contribution in [0.1, 0.15) is 50.3 Å². The molecule has 0 radical (unpaired) electrons. The second-order valence-electron chi connectivity index (χ2n) is 6.02. The monoisotopic (exact) mass is 263 g/mol. The van der Waals surface area contributed by atoms with Crippen LogP contribution in [0.25, 0.3) is 0 Å². The normalized spacial score (nSPS) is 24.9. The lowest BCUT2D eigenvalue weighted by Gasteiger charge is -2.44. The highest BCUT2D eigenvalue weighted by Gasteiger charge is 2.47. The Balaban J connectivity index is 1.93. The number of likely N-dealkylation sites (tertiary alicyclic amines) is 1. The van der Waals surface area contributed by atoms with Crippen LogP contribution in [0.5, 0.6) is 0 Å². The Hall–Kier alpha value is -0.910. The van der Waals surface area contributed by atoms with Crippen molar-refractivity contribution in [2.45, 2.75) is 50.1 Å². The average molecular weight is 263 g/mol. The molecule has 5 heteroatoms. The van der Waals surface area contributed by atoms with Crippen molar-refractivity contribution in [3.05, 3.63) is 18.0 Å². The second-order valence-corrected chi connectivity index (χ2v) is 6.02. The van der Waals surface area contributed by atoms with E-state index in [2.05, 4.69) is 21.5 Å². The molecule has 1 aromatic heterocycles. The maximum Gasteiger partial charge on any atom is 0.0834 e. The van der Waals surface area contributed by atoms with Gasteiger partial charge in [-0.05, 0) is 44.8 Å². The highest BCUT2D eigenvalue weighted by molar-refractivity contribution is 5.16. The number of rotatable bonds is 4. The molecule has 1 aromatic rings. The standard InChI is InChI=1S/C14H25N5/c1-18-11-6-12(17-18)13(16-15)14(7-2-3-8-14)19-9-4-5-10-19/h6,11,13,16H,2-5,7-10,15H2,1H3. The molecular weight excluding hydrogens is 238 g/mol. The van der Waals surface area contributed by atoms with Crippen molar-refractivity contribution in [2.75, 3.05) is 13.1 Å². The van der Waals surface area contributed by atoms with Crippen LogP contribution in [0.2, 0.25) is 0 Å². The van der Waals surface area contributed by atoms with Crippen LogP contribution in [0.15, 0.2) is 12.3 Å². The van der Waals surface area contributed by atoms with Gasteiger partial charge in [-0.3, -0.25) is 15.4 Å². The summed E-state index contributed by atoms with van der Waals surface area (Å²) in [6.07, 6.45) is 9.73. The average Bonchev–Trinajstić information content (AvgIpc) is 3.10. The largest absolute Gasteiger partial charge is 0.296 e. The van der Waals surface area contributed by atoms with Crippen LogP contribution in [0.4, 0.5) is 0 Å². The first-order valence-corrected chi connectivity index (χ1v) is 7.47. The van der Waals surface area contributed by atoms with E-state index in [-0.39, 0.29) is 11.6 Å². The fourth-order valence-electron chi connectivity index (χ4n) is 4.04. The van der Waals surface area contributed by atoms with Gasteiger partial charge in [-0.25, -0.2) is 5.43 Å². The van der Waals surface area contributed by atoms with Crippen LogP contribution in [0.3, 0.4) is 0 Å². The van der Waals surface area contributed by atoms with Gasteiger partial charge < -0.3 is 0 Å². The first-order chi connectivity index (χ1) is 9.26. The summed E-state index contributed by atoms with van der Waals surface area (Å²) in [7, 11) is 1.97. The summed E-state index contributed by atoms with van der Waals surface area (Å²) in [6, 6.07) is 2.25. The zero-order chi connectivity index (χ0) is 13.3. The smallest absolute Gasteiger partial charge is 0.0834 e. The molecule has 2 aliphatic rings. The summed E-state index contributed by atoms with van der Waals surface area (Å²) in [5.74, 6) is 5.92. The molecule has 1 saturated carbocycles. The molecule has 1 saturated heterocycles. The van der Waals surface area contributed by atoms with Gasteiger partial charge in [-0.1, -0.05) is 12.8 Å². The zero-order valence-corrected chi connectivity index (χ0v) is 11.8. The predicted octanol–water partition coefficient (Wildman–Crippen LogP) is 1.33. The van der Waals surface area contributed by atoms with E-state index >= 15 is 0 Å². The third kappa shape index (κ3) is 2.20. The van der Waals surface area contributed by atoms with Crippen LogP contribution in [0, 0.1) is 0 Å². The fraction of sp³-hybridized carbons (Fsp3) is 0.786. The Bertz CT molecular complexity index is 415. The summed E-state index contributed by atoms with van der Waals surface area (Å²) < 4.78 is 1.87. The van der Waals surface area contributed by atoms with Crippen molar-refractivity contribution < 1.29 is 0 Å². The number of hydrogen-bond donors (Lipinski definition) is 2. The van der Waals surface area contributed by atoms with Gasteiger partial charge in [-0.2, -0.15) is 5.10 Å². The minimum Gasteiger partial charge on any atom is -0.296 e. The molecule has 3 rings (SSSR count). The topological polar surface area (TPSA) is 59.1 Å². The van der Waals surface area contributed by atoms with Crippen molar-refractivity contribution in [3.63, 3.8) is 0 Å². The Kier molecular flexibility index (Phi) is 3.60. The van der Waals surface area contributed by atoms with Gasteiger partial charge in [0.25, 0.3) is 0 Å². The number of hydrogen-bond acceptors (Lipinski definition) is 4. The van der Waals surface area contributed by atoms with E-state index in [1.807, 2.05) is 17.9 Å². The van der Waals surface area contributed by atoms with Crippen molar-refractivity contribution in [1.29, 1.82) is 0 Å². The first-order valence-electron chi connectivity index (χ1n) is 7.47. The van der Waals surface area contributed by atoms with E-state index in [0.717, 1.165) is 5.69 Å². The van der Waals surface area contributed by atoms with E-state index in [1.54, 1.807) is 0 Å². The van der Waals surface area contributed by atoms with Gasteiger partial charge in [0.2, 0.25) is 0 Å². The van der Waals surface area contributed by atoms with Gasteiger partial charge in [0.05, 0.1) is 11.7 Å². The molecule has 1 unspecified atom stereocenters. The number of aromatic nitrogens is 2. The third-order valence-corrected chi connectivity index (χ3v) is 4.94. The van der Waals surface area contributed by atoms with Crippen LogP contribution < -0.4 is 11.3 Å². The summed E-state index contributed by atoms with van der Waals surface area (Å²) in [4.78, 5) is 2.67. The maximum absolute atomic E-state index is 5.92. The van der Waals surface area contributed by atoms with E-state index in [1.165, 1.54) is 51.6 Å². The third-order valence-electron chi connectivity index (χ3n) is 4.94. The lowest BCUT2D eigenvalue weighted by atomic mass is 9.84. The predicted molar refractivity (Wildman–Crippen MR) is 75.3 cm³/mol. The summed E-state index contributed by atoms with van der Waals surface area (Å²) in [5.41, 5.74) is 4.34. The highest BCUT2D eigenvalue weighted by Crippen LogP contribution is 2.45. The number of nitrogens with zero attached hydrogens (tertiary/aromatic N) is 3. The van der Waals surface area contributed by atoms with E-state index in [0.29, 0.717) is 0 Å². The van der Waals surface area contributed by atoms with Gasteiger partial charge in [-0.15, -0.1) is 0 Å². The van der Waals surface area contributed by atoms with Gasteiger partial charge in [0, 0.05) is 18.8 Å². The summed E-state index contributed by atoms with van der Waals surface area (Å²) in [6.45, 7) is 2.43. The molecule has 2 fully saturated rings. The fourth-order valence-corrected chi connectivity index (χ4v) is 4.04. The maximum atomic E-state index is 5.92. The Labute approximate surface area is 115 Å². The van der Waals surface area contributed by atoms with Crippen molar-refractivity contribution >= 4 is 0 Å². The zero-order valence-electron chi connectivity index (χ0n) is 11.8. The molecule has 0 amide bonds. The molecule has 1 aliphatic carbocycles. The molecule has 1 aliphatic heterocycles. The molecule has 2 heterocycles. The quantitative estimate of drug-likeness (QED) is 0.635. The Morgan fingerprint density at radius 1 is 1.26 bits per heavy atom. The van der Waals surface area contributed by atoms with E-state index in [9.17, 15) is 0 Å².